The largest absolute Gasteiger partial charge is 0.394 e. The third-order valence-corrected chi connectivity index (χ3v) is 2.51. The van der Waals surface area contributed by atoms with Crippen LogP contribution in [0.5, 0.6) is 0 Å². The molecule has 1 aliphatic heterocycles. The van der Waals surface area contributed by atoms with E-state index in [0.29, 0.717) is 0 Å². The second-order valence-electron chi connectivity index (χ2n) is 2.72. The highest BCUT2D eigenvalue weighted by Crippen LogP contribution is 2.23. The molecular formula is C6H12O5S. The summed E-state index contributed by atoms with van der Waals surface area (Å²) < 4.78 is 4.75. The van der Waals surface area contributed by atoms with Crippen LogP contribution >= 0.6 is 12.6 Å². The lowest BCUT2D eigenvalue weighted by Gasteiger charge is -2.37. The van der Waals surface area contributed by atoms with Crippen molar-refractivity contribution in [1.29, 1.82) is 0 Å². The van der Waals surface area contributed by atoms with Crippen LogP contribution in [0.25, 0.3) is 0 Å². The molecule has 1 aliphatic rings. The van der Waals surface area contributed by atoms with Gasteiger partial charge in [0.15, 0.2) is 6.29 Å². The number of aliphatic hydroxyl groups excluding tert-OH is 4. The summed E-state index contributed by atoms with van der Waals surface area (Å²) in [6.07, 6.45) is -4.76. The summed E-state index contributed by atoms with van der Waals surface area (Å²) in [4.78, 5) is 0. The maximum absolute atomic E-state index is 9.24. The van der Waals surface area contributed by atoms with Gasteiger partial charge < -0.3 is 25.2 Å². The Morgan fingerprint density at radius 3 is 2.25 bits per heavy atom. The van der Waals surface area contributed by atoms with Crippen LogP contribution in [-0.2, 0) is 4.74 Å². The van der Waals surface area contributed by atoms with E-state index in [2.05, 4.69) is 12.6 Å². The van der Waals surface area contributed by atoms with Gasteiger partial charge >= 0.3 is 0 Å². The molecule has 0 bridgehead atoms. The summed E-state index contributed by atoms with van der Waals surface area (Å²) in [5.41, 5.74) is 0. The Morgan fingerprint density at radius 1 is 1.17 bits per heavy atom. The predicted octanol–water partition coefficient (Wildman–Crippen LogP) is -2.28. The standard InChI is InChI=1S/C6H12O5S/c7-1-2-5(12)3(8)4(9)6(10)11-2/h2-10,12H,1H2. The topological polar surface area (TPSA) is 90.2 Å². The molecule has 5 nitrogen and oxygen atoms in total. The zero-order valence-electron chi connectivity index (χ0n) is 6.24. The Kier molecular flexibility index (Phi) is 3.33. The Bertz CT molecular complexity index is 150. The van der Waals surface area contributed by atoms with E-state index in [0.717, 1.165) is 0 Å². The first kappa shape index (κ1) is 10.2. The molecule has 1 fully saturated rings. The molecule has 0 saturated carbocycles. The van der Waals surface area contributed by atoms with Crippen molar-refractivity contribution >= 4 is 12.6 Å². The zero-order valence-corrected chi connectivity index (χ0v) is 7.13. The van der Waals surface area contributed by atoms with Crippen LogP contribution in [0.2, 0.25) is 0 Å². The fraction of sp³-hybridized carbons (Fsp3) is 1.00. The average molecular weight is 196 g/mol. The number of thiol groups is 1. The third kappa shape index (κ3) is 1.73. The number of aliphatic hydroxyl groups is 4. The van der Waals surface area contributed by atoms with Crippen LogP contribution in [0.3, 0.4) is 0 Å². The summed E-state index contributed by atoms with van der Waals surface area (Å²) in [6, 6.07) is 0. The van der Waals surface area contributed by atoms with Crippen molar-refractivity contribution < 1.29 is 25.2 Å². The van der Waals surface area contributed by atoms with Crippen molar-refractivity contribution in [3.63, 3.8) is 0 Å². The molecular weight excluding hydrogens is 184 g/mol. The predicted molar refractivity (Wildman–Crippen MR) is 42.8 cm³/mol. The van der Waals surface area contributed by atoms with Crippen molar-refractivity contribution in [3.8, 4) is 0 Å². The van der Waals surface area contributed by atoms with Crippen molar-refractivity contribution in [1.82, 2.24) is 0 Å². The van der Waals surface area contributed by atoms with Gasteiger partial charge in [0.05, 0.1) is 24.1 Å². The van der Waals surface area contributed by atoms with Crippen LogP contribution in [-0.4, -0.2) is 56.9 Å². The van der Waals surface area contributed by atoms with E-state index in [9.17, 15) is 5.11 Å². The van der Waals surface area contributed by atoms with Crippen molar-refractivity contribution in [2.75, 3.05) is 6.61 Å². The Morgan fingerprint density at radius 2 is 1.75 bits per heavy atom. The van der Waals surface area contributed by atoms with Gasteiger partial charge in [-0.3, -0.25) is 0 Å². The molecule has 1 saturated heterocycles. The minimum Gasteiger partial charge on any atom is -0.394 e. The lowest BCUT2D eigenvalue weighted by molar-refractivity contribution is -0.248. The second-order valence-corrected chi connectivity index (χ2v) is 3.32. The average Bonchev–Trinajstić information content (AvgIpc) is 2.08. The van der Waals surface area contributed by atoms with Gasteiger partial charge in [0.1, 0.15) is 6.10 Å². The normalized spacial score (nSPS) is 49.2. The number of ether oxygens (including phenoxy) is 1. The van der Waals surface area contributed by atoms with E-state index >= 15 is 0 Å². The third-order valence-electron chi connectivity index (χ3n) is 1.87. The summed E-state index contributed by atoms with van der Waals surface area (Å²) in [6.45, 7) is -0.352. The first-order chi connectivity index (χ1) is 5.57. The van der Waals surface area contributed by atoms with Gasteiger partial charge in [-0.15, -0.1) is 0 Å². The monoisotopic (exact) mass is 196 g/mol. The molecule has 5 atom stereocenters. The molecule has 6 heteroatoms. The summed E-state index contributed by atoms with van der Waals surface area (Å²) in [5, 5.41) is 35.3. The molecule has 0 aromatic heterocycles. The molecule has 72 valence electrons. The fourth-order valence-electron chi connectivity index (χ4n) is 1.08. The highest BCUT2D eigenvalue weighted by Gasteiger charge is 2.41. The molecule has 0 aliphatic carbocycles. The molecule has 5 unspecified atom stereocenters. The van der Waals surface area contributed by atoms with Gasteiger partial charge in [-0.05, 0) is 0 Å². The summed E-state index contributed by atoms with van der Waals surface area (Å²) >= 11 is 3.93. The molecule has 0 radical (unpaired) electrons. The SMILES string of the molecule is OCC1OC(O)C(O)C(O)C1S. The molecule has 12 heavy (non-hydrogen) atoms. The Balaban J connectivity index is 2.63. The summed E-state index contributed by atoms with van der Waals surface area (Å²) in [5.74, 6) is 0. The maximum Gasteiger partial charge on any atom is 0.183 e. The van der Waals surface area contributed by atoms with E-state index in [1.165, 1.54) is 0 Å². The van der Waals surface area contributed by atoms with E-state index in [-0.39, 0.29) is 6.61 Å². The van der Waals surface area contributed by atoms with Crippen LogP contribution in [0.1, 0.15) is 0 Å². The second kappa shape index (κ2) is 3.91. The minimum absolute atomic E-state index is 0.352. The zero-order chi connectivity index (χ0) is 9.30. The first-order valence-electron chi connectivity index (χ1n) is 3.56. The molecule has 1 rings (SSSR count). The lowest BCUT2D eigenvalue weighted by atomic mass is 10.0. The number of hydrogen-bond donors (Lipinski definition) is 5. The summed E-state index contributed by atoms with van der Waals surface area (Å²) in [7, 11) is 0. The molecule has 0 amide bonds. The van der Waals surface area contributed by atoms with E-state index in [4.69, 9.17) is 20.1 Å². The van der Waals surface area contributed by atoms with Gasteiger partial charge in [-0.1, -0.05) is 0 Å². The van der Waals surface area contributed by atoms with Crippen molar-refractivity contribution in [3.05, 3.63) is 0 Å². The fourth-order valence-corrected chi connectivity index (χ4v) is 1.42. The van der Waals surface area contributed by atoms with E-state index in [1.807, 2.05) is 0 Å². The molecule has 0 spiro atoms. The van der Waals surface area contributed by atoms with Gasteiger partial charge in [0.25, 0.3) is 0 Å². The van der Waals surface area contributed by atoms with Crippen LogP contribution in [0.15, 0.2) is 0 Å². The van der Waals surface area contributed by atoms with Crippen LogP contribution in [0.4, 0.5) is 0 Å². The molecule has 1 heterocycles. The Labute approximate surface area is 75.0 Å². The number of hydrogen-bond acceptors (Lipinski definition) is 6. The van der Waals surface area contributed by atoms with Gasteiger partial charge in [0, 0.05) is 0 Å². The van der Waals surface area contributed by atoms with E-state index in [1.54, 1.807) is 0 Å². The maximum atomic E-state index is 9.24. The highest BCUT2D eigenvalue weighted by molar-refractivity contribution is 7.81. The molecule has 0 aromatic carbocycles. The number of rotatable bonds is 1. The highest BCUT2D eigenvalue weighted by atomic mass is 32.1. The smallest absolute Gasteiger partial charge is 0.183 e. The lowest BCUT2D eigenvalue weighted by Crippen LogP contribution is -2.56. The minimum atomic E-state index is -1.46. The van der Waals surface area contributed by atoms with E-state index < -0.39 is 29.9 Å². The van der Waals surface area contributed by atoms with Crippen molar-refractivity contribution in [2.24, 2.45) is 0 Å². The van der Waals surface area contributed by atoms with Crippen LogP contribution < -0.4 is 0 Å². The Hall–Kier alpha value is 0.150. The molecule has 0 aromatic rings. The molecule has 4 N–H and O–H groups in total. The van der Waals surface area contributed by atoms with Crippen LogP contribution in [0, 0.1) is 0 Å². The van der Waals surface area contributed by atoms with Gasteiger partial charge in [-0.2, -0.15) is 12.6 Å². The van der Waals surface area contributed by atoms with Crippen molar-refractivity contribution in [2.45, 2.75) is 29.9 Å². The van der Waals surface area contributed by atoms with Gasteiger partial charge in [0.2, 0.25) is 0 Å². The quantitative estimate of drug-likeness (QED) is 0.305. The van der Waals surface area contributed by atoms with Gasteiger partial charge in [-0.25, -0.2) is 0 Å². The first-order valence-corrected chi connectivity index (χ1v) is 4.08.